The number of nitrogens with zero attached hydrogens (tertiary/aromatic N) is 1. The molecule has 3 nitrogen and oxygen atoms in total. The highest BCUT2D eigenvalue weighted by Crippen LogP contribution is 2.45. The summed E-state index contributed by atoms with van der Waals surface area (Å²) in [6, 6.07) is 7.05. The highest BCUT2D eigenvalue weighted by Gasteiger charge is 2.37. The average molecular weight is 317 g/mol. The standard InChI is InChI=1S/C11H12INO2/c12-8-11(6-1-7-11)9-2-4-10(5-3-9)13(14)15/h2-5H,1,6-8H2. The first kappa shape index (κ1) is 10.9. The number of alkyl halides is 1. The zero-order valence-electron chi connectivity index (χ0n) is 8.28. The van der Waals surface area contributed by atoms with E-state index in [0.29, 0.717) is 5.41 Å². The van der Waals surface area contributed by atoms with Crippen molar-refractivity contribution in [1.82, 2.24) is 0 Å². The average Bonchev–Trinajstić information content (AvgIpc) is 2.18. The van der Waals surface area contributed by atoms with Crippen LogP contribution < -0.4 is 0 Å². The molecule has 0 radical (unpaired) electrons. The van der Waals surface area contributed by atoms with E-state index in [4.69, 9.17) is 0 Å². The van der Waals surface area contributed by atoms with Gasteiger partial charge in [-0.05, 0) is 18.4 Å². The first-order chi connectivity index (χ1) is 7.18. The van der Waals surface area contributed by atoms with Crippen LogP contribution in [-0.2, 0) is 5.41 Å². The van der Waals surface area contributed by atoms with Crippen molar-refractivity contribution >= 4 is 28.3 Å². The predicted octanol–water partition coefficient (Wildman–Crippen LogP) is 3.45. The number of non-ortho nitro benzene ring substituents is 1. The fourth-order valence-corrected chi connectivity index (χ4v) is 3.24. The van der Waals surface area contributed by atoms with Gasteiger partial charge in [0, 0.05) is 22.0 Å². The molecule has 0 spiro atoms. The van der Waals surface area contributed by atoms with Crippen LogP contribution in [0.2, 0.25) is 0 Å². The summed E-state index contributed by atoms with van der Waals surface area (Å²) in [5.74, 6) is 0. The molecule has 2 rings (SSSR count). The van der Waals surface area contributed by atoms with Crippen molar-refractivity contribution in [1.29, 1.82) is 0 Å². The van der Waals surface area contributed by atoms with E-state index >= 15 is 0 Å². The quantitative estimate of drug-likeness (QED) is 0.371. The zero-order chi connectivity index (χ0) is 10.9. The maximum absolute atomic E-state index is 10.5. The van der Waals surface area contributed by atoms with Crippen LogP contribution in [0.5, 0.6) is 0 Å². The highest BCUT2D eigenvalue weighted by molar-refractivity contribution is 14.1. The topological polar surface area (TPSA) is 43.1 Å². The fraction of sp³-hybridized carbons (Fsp3) is 0.455. The molecule has 1 aromatic rings. The molecule has 80 valence electrons. The van der Waals surface area contributed by atoms with Gasteiger partial charge in [0.15, 0.2) is 0 Å². The summed E-state index contributed by atoms with van der Waals surface area (Å²) in [4.78, 5) is 10.2. The second kappa shape index (κ2) is 4.08. The van der Waals surface area contributed by atoms with Crippen molar-refractivity contribution < 1.29 is 4.92 Å². The Labute approximate surface area is 102 Å². The minimum absolute atomic E-state index is 0.182. The van der Waals surface area contributed by atoms with E-state index in [-0.39, 0.29) is 10.6 Å². The molecule has 1 saturated carbocycles. The zero-order valence-corrected chi connectivity index (χ0v) is 10.4. The summed E-state index contributed by atoms with van der Waals surface area (Å²) in [5, 5.41) is 10.5. The van der Waals surface area contributed by atoms with E-state index in [1.807, 2.05) is 12.1 Å². The molecule has 0 atom stereocenters. The van der Waals surface area contributed by atoms with Crippen molar-refractivity contribution in [3.05, 3.63) is 39.9 Å². The molecular weight excluding hydrogens is 305 g/mol. The number of nitro groups is 1. The van der Waals surface area contributed by atoms with Crippen molar-refractivity contribution in [2.75, 3.05) is 4.43 Å². The van der Waals surface area contributed by atoms with Gasteiger partial charge in [0.2, 0.25) is 0 Å². The molecule has 1 aromatic carbocycles. The summed E-state index contributed by atoms with van der Waals surface area (Å²) in [6.45, 7) is 0. The minimum atomic E-state index is -0.346. The lowest BCUT2D eigenvalue weighted by atomic mass is 9.66. The van der Waals surface area contributed by atoms with Crippen molar-refractivity contribution in [3.63, 3.8) is 0 Å². The molecule has 0 aliphatic heterocycles. The normalized spacial score (nSPS) is 18.2. The molecule has 1 fully saturated rings. The molecule has 0 aromatic heterocycles. The van der Waals surface area contributed by atoms with E-state index in [9.17, 15) is 10.1 Å². The Morgan fingerprint density at radius 2 is 1.93 bits per heavy atom. The molecule has 1 aliphatic rings. The van der Waals surface area contributed by atoms with Gasteiger partial charge in [0.05, 0.1) is 4.92 Å². The lowest BCUT2D eigenvalue weighted by molar-refractivity contribution is -0.384. The molecule has 0 N–H and O–H groups in total. The summed E-state index contributed by atoms with van der Waals surface area (Å²) in [6.07, 6.45) is 3.71. The lowest BCUT2D eigenvalue weighted by Crippen LogP contribution is -2.35. The molecule has 0 unspecified atom stereocenters. The molecule has 1 aliphatic carbocycles. The first-order valence-corrected chi connectivity index (χ1v) is 6.51. The highest BCUT2D eigenvalue weighted by atomic mass is 127. The van der Waals surface area contributed by atoms with Gasteiger partial charge in [-0.15, -0.1) is 0 Å². The van der Waals surface area contributed by atoms with E-state index in [2.05, 4.69) is 22.6 Å². The van der Waals surface area contributed by atoms with E-state index in [0.717, 1.165) is 4.43 Å². The summed E-state index contributed by atoms with van der Waals surface area (Å²) in [5.41, 5.74) is 1.74. The van der Waals surface area contributed by atoms with Crippen LogP contribution in [0, 0.1) is 10.1 Å². The second-order valence-electron chi connectivity index (χ2n) is 4.07. The Morgan fingerprint density at radius 3 is 2.27 bits per heavy atom. The monoisotopic (exact) mass is 317 g/mol. The van der Waals surface area contributed by atoms with Gasteiger partial charge in [-0.2, -0.15) is 0 Å². The van der Waals surface area contributed by atoms with Crippen molar-refractivity contribution in [2.45, 2.75) is 24.7 Å². The lowest BCUT2D eigenvalue weighted by Gasteiger charge is -2.41. The number of halogens is 1. The number of hydrogen-bond donors (Lipinski definition) is 0. The summed E-state index contributed by atoms with van der Waals surface area (Å²) in [7, 11) is 0. The van der Waals surface area contributed by atoms with E-state index < -0.39 is 0 Å². The third-order valence-corrected chi connectivity index (χ3v) is 4.72. The predicted molar refractivity (Wildman–Crippen MR) is 67.5 cm³/mol. The van der Waals surface area contributed by atoms with Gasteiger partial charge in [-0.3, -0.25) is 10.1 Å². The van der Waals surface area contributed by atoms with Crippen LogP contribution in [0.1, 0.15) is 24.8 Å². The third kappa shape index (κ3) is 1.87. The SMILES string of the molecule is O=[N+]([O-])c1ccc(C2(CI)CCC2)cc1. The number of nitro benzene ring substituents is 1. The molecule has 0 saturated heterocycles. The fourth-order valence-electron chi connectivity index (χ4n) is 2.04. The largest absolute Gasteiger partial charge is 0.269 e. The van der Waals surface area contributed by atoms with Gasteiger partial charge < -0.3 is 0 Å². The Balaban J connectivity index is 2.26. The van der Waals surface area contributed by atoms with Gasteiger partial charge in [-0.1, -0.05) is 41.1 Å². The number of hydrogen-bond acceptors (Lipinski definition) is 2. The van der Waals surface area contributed by atoms with Crippen LogP contribution >= 0.6 is 22.6 Å². The van der Waals surface area contributed by atoms with Crippen LogP contribution in [0.4, 0.5) is 5.69 Å². The Bertz CT molecular complexity index is 365. The van der Waals surface area contributed by atoms with E-state index in [1.54, 1.807) is 12.1 Å². The van der Waals surface area contributed by atoms with Crippen molar-refractivity contribution in [3.8, 4) is 0 Å². The number of benzene rings is 1. The van der Waals surface area contributed by atoms with Crippen LogP contribution in [0.15, 0.2) is 24.3 Å². The van der Waals surface area contributed by atoms with Gasteiger partial charge in [-0.25, -0.2) is 0 Å². The molecule has 4 heteroatoms. The Morgan fingerprint density at radius 1 is 1.33 bits per heavy atom. The van der Waals surface area contributed by atoms with Crippen LogP contribution in [0.25, 0.3) is 0 Å². The third-order valence-electron chi connectivity index (χ3n) is 3.26. The smallest absolute Gasteiger partial charge is 0.258 e. The summed E-state index contributed by atoms with van der Waals surface area (Å²) < 4.78 is 1.10. The number of rotatable bonds is 3. The van der Waals surface area contributed by atoms with Gasteiger partial charge in [0.25, 0.3) is 5.69 Å². The second-order valence-corrected chi connectivity index (χ2v) is 4.83. The van der Waals surface area contributed by atoms with Crippen LogP contribution in [-0.4, -0.2) is 9.35 Å². The minimum Gasteiger partial charge on any atom is -0.258 e. The first-order valence-electron chi connectivity index (χ1n) is 4.99. The molecule has 15 heavy (non-hydrogen) atoms. The summed E-state index contributed by atoms with van der Waals surface area (Å²) >= 11 is 2.41. The Kier molecular flexibility index (Phi) is 2.95. The van der Waals surface area contributed by atoms with Crippen molar-refractivity contribution in [2.24, 2.45) is 0 Å². The van der Waals surface area contributed by atoms with E-state index in [1.165, 1.54) is 24.8 Å². The van der Waals surface area contributed by atoms with Gasteiger partial charge >= 0.3 is 0 Å². The molecule has 0 heterocycles. The molecular formula is C11H12INO2. The molecule has 0 bridgehead atoms. The maximum atomic E-state index is 10.5. The van der Waals surface area contributed by atoms with Crippen LogP contribution in [0.3, 0.4) is 0 Å². The maximum Gasteiger partial charge on any atom is 0.269 e. The Hall–Kier alpha value is -0.650. The molecule has 0 amide bonds. The van der Waals surface area contributed by atoms with Gasteiger partial charge in [0.1, 0.15) is 0 Å².